The van der Waals surface area contributed by atoms with Crippen LogP contribution in [0.1, 0.15) is 59.1 Å². The van der Waals surface area contributed by atoms with Crippen LogP contribution in [0.2, 0.25) is 0 Å². The molecule has 4 heteroatoms. The van der Waals surface area contributed by atoms with Crippen LogP contribution in [0.25, 0.3) is 11.5 Å². The van der Waals surface area contributed by atoms with E-state index in [1.807, 2.05) is 24.3 Å². The maximum Gasteiger partial charge on any atom is 0.226 e. The molecule has 1 aliphatic carbocycles. The van der Waals surface area contributed by atoms with Crippen molar-refractivity contribution in [3.05, 3.63) is 36.2 Å². The molecule has 0 amide bonds. The molecule has 0 radical (unpaired) electrons. The largest absolute Gasteiger partial charge is 0.494 e. The second-order valence-corrected chi connectivity index (χ2v) is 8.51. The first-order valence-electron chi connectivity index (χ1n) is 9.86. The molecule has 142 valence electrons. The summed E-state index contributed by atoms with van der Waals surface area (Å²) >= 11 is 0. The van der Waals surface area contributed by atoms with Gasteiger partial charge in [-0.1, -0.05) is 27.7 Å². The quantitative estimate of drug-likeness (QED) is 0.718. The Morgan fingerprint density at radius 1 is 1.23 bits per heavy atom. The first kappa shape index (κ1) is 19.0. The maximum absolute atomic E-state index is 5.68. The van der Waals surface area contributed by atoms with Crippen molar-refractivity contribution in [1.82, 2.24) is 10.3 Å². The summed E-state index contributed by atoms with van der Waals surface area (Å²) in [6.45, 7) is 10.7. The van der Waals surface area contributed by atoms with Crippen LogP contribution in [-0.4, -0.2) is 17.6 Å². The van der Waals surface area contributed by atoms with Gasteiger partial charge >= 0.3 is 0 Å². The van der Waals surface area contributed by atoms with Crippen LogP contribution in [0, 0.1) is 11.3 Å². The zero-order chi connectivity index (χ0) is 18.6. The zero-order valence-electron chi connectivity index (χ0n) is 16.5. The molecule has 1 heterocycles. The number of hydrogen-bond acceptors (Lipinski definition) is 4. The molecule has 1 aromatic heterocycles. The lowest BCUT2D eigenvalue weighted by Gasteiger charge is -2.39. The number of aromatic nitrogens is 1. The number of oxazole rings is 1. The fourth-order valence-corrected chi connectivity index (χ4v) is 4.18. The third-order valence-corrected chi connectivity index (χ3v) is 5.08. The van der Waals surface area contributed by atoms with E-state index in [1.54, 1.807) is 6.26 Å². The van der Waals surface area contributed by atoms with Crippen LogP contribution in [0.4, 0.5) is 0 Å². The molecular formula is C22H32N2O2. The standard InChI is InChI=1S/C22H32N2O2/c1-5-10-25-20-8-6-17(7-9-20)21-24-19(15-26-21)14-23-18-11-16(2)12-22(3,4)13-18/h6-9,15-16,18,23H,5,10-14H2,1-4H3. The van der Waals surface area contributed by atoms with Gasteiger partial charge in [-0.2, -0.15) is 0 Å². The number of nitrogens with zero attached hydrogens (tertiary/aromatic N) is 1. The van der Waals surface area contributed by atoms with Crippen LogP contribution in [0.3, 0.4) is 0 Å². The number of ether oxygens (including phenoxy) is 1. The Balaban J connectivity index is 1.56. The van der Waals surface area contributed by atoms with Gasteiger partial charge in [-0.05, 0) is 61.3 Å². The van der Waals surface area contributed by atoms with Gasteiger partial charge in [-0.3, -0.25) is 0 Å². The van der Waals surface area contributed by atoms with E-state index in [0.717, 1.165) is 42.5 Å². The molecule has 2 aromatic rings. The van der Waals surface area contributed by atoms with Gasteiger partial charge in [0.05, 0.1) is 12.3 Å². The highest BCUT2D eigenvalue weighted by atomic mass is 16.5. The molecule has 0 spiro atoms. The molecule has 1 aromatic carbocycles. The van der Waals surface area contributed by atoms with E-state index >= 15 is 0 Å². The summed E-state index contributed by atoms with van der Waals surface area (Å²) in [5, 5.41) is 3.68. The molecular weight excluding hydrogens is 324 g/mol. The molecule has 4 nitrogen and oxygen atoms in total. The Hall–Kier alpha value is -1.81. The van der Waals surface area contributed by atoms with Crippen molar-refractivity contribution in [2.45, 2.75) is 66.0 Å². The fraction of sp³-hybridized carbons (Fsp3) is 0.591. The second kappa shape index (κ2) is 8.26. The third-order valence-electron chi connectivity index (χ3n) is 5.08. The summed E-state index contributed by atoms with van der Waals surface area (Å²) in [5.41, 5.74) is 2.36. The lowest BCUT2D eigenvalue weighted by Crippen LogP contribution is -2.39. The van der Waals surface area contributed by atoms with Crippen molar-refractivity contribution in [3.63, 3.8) is 0 Å². The van der Waals surface area contributed by atoms with Gasteiger partial charge in [0.15, 0.2) is 0 Å². The van der Waals surface area contributed by atoms with Crippen LogP contribution in [0.5, 0.6) is 5.75 Å². The van der Waals surface area contributed by atoms with Crippen LogP contribution < -0.4 is 10.1 Å². The first-order chi connectivity index (χ1) is 12.4. The SMILES string of the molecule is CCCOc1ccc(-c2nc(CNC3CC(C)CC(C)(C)C3)co2)cc1. The van der Waals surface area contributed by atoms with Gasteiger partial charge in [0.2, 0.25) is 5.89 Å². The Morgan fingerprint density at radius 3 is 2.69 bits per heavy atom. The highest BCUT2D eigenvalue weighted by Crippen LogP contribution is 2.38. The fourth-order valence-electron chi connectivity index (χ4n) is 4.18. The van der Waals surface area contributed by atoms with E-state index in [-0.39, 0.29) is 0 Å². The van der Waals surface area contributed by atoms with Crippen molar-refractivity contribution in [2.24, 2.45) is 11.3 Å². The van der Waals surface area contributed by atoms with Crippen molar-refractivity contribution in [3.8, 4) is 17.2 Å². The monoisotopic (exact) mass is 356 g/mol. The number of rotatable bonds is 7. The molecule has 1 fully saturated rings. The summed E-state index contributed by atoms with van der Waals surface area (Å²) in [6, 6.07) is 8.50. The number of hydrogen-bond donors (Lipinski definition) is 1. The molecule has 1 N–H and O–H groups in total. The van der Waals surface area contributed by atoms with E-state index < -0.39 is 0 Å². The summed E-state index contributed by atoms with van der Waals surface area (Å²) in [6.07, 6.45) is 6.56. The lowest BCUT2D eigenvalue weighted by atomic mass is 9.70. The average molecular weight is 357 g/mol. The lowest BCUT2D eigenvalue weighted by molar-refractivity contribution is 0.150. The van der Waals surface area contributed by atoms with E-state index in [9.17, 15) is 0 Å². The van der Waals surface area contributed by atoms with Gasteiger partial charge in [0, 0.05) is 18.2 Å². The topological polar surface area (TPSA) is 47.3 Å². The van der Waals surface area contributed by atoms with Crippen molar-refractivity contribution in [1.29, 1.82) is 0 Å². The van der Waals surface area contributed by atoms with E-state index in [2.05, 4.69) is 38.0 Å². The predicted molar refractivity (Wildman–Crippen MR) is 105 cm³/mol. The van der Waals surface area contributed by atoms with Gasteiger partial charge < -0.3 is 14.5 Å². The van der Waals surface area contributed by atoms with Crippen LogP contribution in [-0.2, 0) is 6.54 Å². The summed E-state index contributed by atoms with van der Waals surface area (Å²) in [4.78, 5) is 4.64. The molecule has 1 saturated carbocycles. The van der Waals surface area contributed by atoms with E-state index in [4.69, 9.17) is 9.15 Å². The normalized spacial score (nSPS) is 22.3. The van der Waals surface area contributed by atoms with E-state index in [0.29, 0.717) is 17.3 Å². The zero-order valence-corrected chi connectivity index (χ0v) is 16.5. The van der Waals surface area contributed by atoms with E-state index in [1.165, 1.54) is 19.3 Å². The third kappa shape index (κ3) is 5.10. The van der Waals surface area contributed by atoms with Crippen molar-refractivity contribution in [2.75, 3.05) is 6.61 Å². The number of benzene rings is 1. The molecule has 0 saturated heterocycles. The van der Waals surface area contributed by atoms with Crippen LogP contribution in [0.15, 0.2) is 34.9 Å². The van der Waals surface area contributed by atoms with Gasteiger partial charge in [0.1, 0.15) is 12.0 Å². The minimum Gasteiger partial charge on any atom is -0.494 e. The Morgan fingerprint density at radius 2 is 2.00 bits per heavy atom. The molecule has 26 heavy (non-hydrogen) atoms. The highest BCUT2D eigenvalue weighted by Gasteiger charge is 2.31. The molecule has 2 unspecified atom stereocenters. The molecule has 2 atom stereocenters. The maximum atomic E-state index is 5.68. The Kier molecular flexibility index (Phi) is 6.02. The molecule has 0 bridgehead atoms. The van der Waals surface area contributed by atoms with Gasteiger partial charge in [-0.25, -0.2) is 4.98 Å². The molecule has 1 aliphatic rings. The molecule has 0 aliphatic heterocycles. The summed E-state index contributed by atoms with van der Waals surface area (Å²) in [5.74, 6) is 2.33. The first-order valence-corrected chi connectivity index (χ1v) is 9.86. The van der Waals surface area contributed by atoms with Gasteiger partial charge in [0.25, 0.3) is 0 Å². The Labute approximate surface area is 157 Å². The van der Waals surface area contributed by atoms with Gasteiger partial charge in [-0.15, -0.1) is 0 Å². The second-order valence-electron chi connectivity index (χ2n) is 8.51. The summed E-state index contributed by atoms with van der Waals surface area (Å²) in [7, 11) is 0. The predicted octanol–water partition coefficient (Wildman–Crippen LogP) is 5.43. The highest BCUT2D eigenvalue weighted by molar-refractivity contribution is 5.54. The minimum atomic E-state index is 0.423. The summed E-state index contributed by atoms with van der Waals surface area (Å²) < 4.78 is 11.3. The smallest absolute Gasteiger partial charge is 0.226 e. The molecule has 3 rings (SSSR count). The Bertz CT molecular complexity index is 690. The van der Waals surface area contributed by atoms with Crippen molar-refractivity contribution < 1.29 is 9.15 Å². The minimum absolute atomic E-state index is 0.423. The van der Waals surface area contributed by atoms with Crippen molar-refractivity contribution >= 4 is 0 Å². The van der Waals surface area contributed by atoms with Crippen LogP contribution >= 0.6 is 0 Å². The number of nitrogens with one attached hydrogen (secondary N) is 1. The average Bonchev–Trinajstić information content (AvgIpc) is 3.06.